The van der Waals surface area contributed by atoms with Gasteiger partial charge in [-0.15, -0.1) is 0 Å². The molecule has 0 atom stereocenters. The maximum Gasteiger partial charge on any atom is 0.342 e. The van der Waals surface area contributed by atoms with Crippen LogP contribution in [-0.2, 0) is 4.74 Å². The molecule has 1 heterocycles. The van der Waals surface area contributed by atoms with Crippen molar-refractivity contribution >= 4 is 11.9 Å². The predicted molar refractivity (Wildman–Crippen MR) is 71.9 cm³/mol. The van der Waals surface area contributed by atoms with Crippen LogP contribution in [0.15, 0.2) is 28.7 Å². The highest BCUT2D eigenvalue weighted by atomic mass is 16.5. The molecule has 1 N–H and O–H groups in total. The van der Waals surface area contributed by atoms with Gasteiger partial charge in [-0.1, -0.05) is 12.1 Å². The fraction of sp³-hybridized carbons (Fsp3) is 0.133. The minimum absolute atomic E-state index is 0.0300. The molecular weight excluding hydrogens is 274 g/mol. The number of carboxylic acids is 1. The quantitative estimate of drug-likeness (QED) is 0.870. The second kappa shape index (κ2) is 5.51. The number of ether oxygens (including phenoxy) is 1. The average Bonchev–Trinajstić information content (AvgIpc) is 2.83. The highest BCUT2D eigenvalue weighted by Gasteiger charge is 2.30. The van der Waals surface area contributed by atoms with Gasteiger partial charge in [0.1, 0.15) is 16.9 Å². The molecule has 0 aliphatic carbocycles. The first-order valence-electron chi connectivity index (χ1n) is 5.95. The number of benzene rings is 1. The summed E-state index contributed by atoms with van der Waals surface area (Å²) in [5.74, 6) is -2.02. The van der Waals surface area contributed by atoms with Crippen LogP contribution in [0.25, 0.3) is 11.3 Å². The standard InChI is InChI=1S/C15H11NO5/c1-8-11(15(19)20-2)12(14(17)18)13(21-8)10-6-4-3-5-9(10)7-16/h3-6H,1-2H3,(H,17,18). The van der Waals surface area contributed by atoms with Crippen molar-refractivity contribution in [2.45, 2.75) is 6.92 Å². The van der Waals surface area contributed by atoms with Crippen LogP contribution in [-0.4, -0.2) is 24.2 Å². The molecule has 1 aromatic carbocycles. The Balaban J connectivity index is 2.80. The van der Waals surface area contributed by atoms with Crippen LogP contribution in [0.3, 0.4) is 0 Å². The van der Waals surface area contributed by atoms with Gasteiger partial charge in [-0.05, 0) is 19.1 Å². The average molecular weight is 285 g/mol. The summed E-state index contributed by atoms with van der Waals surface area (Å²) in [5.41, 5.74) is 0.121. The van der Waals surface area contributed by atoms with Crippen molar-refractivity contribution in [3.8, 4) is 17.4 Å². The van der Waals surface area contributed by atoms with E-state index in [2.05, 4.69) is 4.74 Å². The first kappa shape index (κ1) is 14.3. The number of esters is 1. The zero-order chi connectivity index (χ0) is 15.6. The van der Waals surface area contributed by atoms with Gasteiger partial charge in [-0.3, -0.25) is 0 Å². The van der Waals surface area contributed by atoms with Crippen molar-refractivity contribution in [3.63, 3.8) is 0 Å². The minimum atomic E-state index is -1.32. The molecule has 0 aliphatic heterocycles. The number of aryl methyl sites for hydroxylation is 1. The van der Waals surface area contributed by atoms with Crippen molar-refractivity contribution in [1.29, 1.82) is 5.26 Å². The van der Waals surface area contributed by atoms with E-state index in [0.29, 0.717) is 5.56 Å². The number of hydrogen-bond acceptors (Lipinski definition) is 5. The molecule has 0 unspecified atom stereocenters. The minimum Gasteiger partial charge on any atom is -0.478 e. The lowest BCUT2D eigenvalue weighted by Gasteiger charge is -2.02. The van der Waals surface area contributed by atoms with E-state index in [1.807, 2.05) is 6.07 Å². The second-order valence-corrected chi connectivity index (χ2v) is 4.19. The largest absolute Gasteiger partial charge is 0.478 e. The van der Waals surface area contributed by atoms with Crippen LogP contribution >= 0.6 is 0 Å². The number of carbonyl (C=O) groups is 2. The van der Waals surface area contributed by atoms with E-state index in [-0.39, 0.29) is 28.2 Å². The van der Waals surface area contributed by atoms with Gasteiger partial charge in [0.15, 0.2) is 5.76 Å². The van der Waals surface area contributed by atoms with Gasteiger partial charge < -0.3 is 14.3 Å². The van der Waals surface area contributed by atoms with Crippen LogP contribution in [0.4, 0.5) is 0 Å². The fourth-order valence-electron chi connectivity index (χ4n) is 2.06. The molecule has 2 aromatic rings. The van der Waals surface area contributed by atoms with Gasteiger partial charge in [0.25, 0.3) is 0 Å². The Morgan fingerprint density at radius 1 is 1.29 bits per heavy atom. The zero-order valence-electron chi connectivity index (χ0n) is 11.3. The Kier molecular flexibility index (Phi) is 3.76. The molecule has 0 amide bonds. The fourth-order valence-corrected chi connectivity index (χ4v) is 2.06. The number of rotatable bonds is 3. The Bertz CT molecular complexity index is 767. The summed E-state index contributed by atoms with van der Waals surface area (Å²) in [6.45, 7) is 1.47. The van der Waals surface area contributed by atoms with Crippen molar-refractivity contribution in [2.75, 3.05) is 7.11 Å². The molecular formula is C15H11NO5. The van der Waals surface area contributed by atoms with Crippen molar-refractivity contribution < 1.29 is 23.8 Å². The van der Waals surface area contributed by atoms with E-state index < -0.39 is 11.9 Å². The number of furan rings is 1. The number of methoxy groups -OCH3 is 1. The summed E-state index contributed by atoms with van der Waals surface area (Å²) < 4.78 is 10.0. The lowest BCUT2D eigenvalue weighted by Crippen LogP contribution is -2.09. The van der Waals surface area contributed by atoms with E-state index in [4.69, 9.17) is 9.68 Å². The van der Waals surface area contributed by atoms with Crippen LogP contribution in [0.1, 0.15) is 32.0 Å². The van der Waals surface area contributed by atoms with Gasteiger partial charge in [-0.2, -0.15) is 5.26 Å². The second-order valence-electron chi connectivity index (χ2n) is 4.19. The SMILES string of the molecule is COC(=O)c1c(C)oc(-c2ccccc2C#N)c1C(=O)O. The number of carbonyl (C=O) groups excluding carboxylic acids is 1. The van der Waals surface area contributed by atoms with E-state index in [1.165, 1.54) is 13.0 Å². The van der Waals surface area contributed by atoms with Crippen LogP contribution in [0, 0.1) is 18.3 Å². The summed E-state index contributed by atoms with van der Waals surface area (Å²) in [6.07, 6.45) is 0. The Hall–Kier alpha value is -3.07. The molecule has 6 nitrogen and oxygen atoms in total. The summed E-state index contributed by atoms with van der Waals surface area (Å²) in [4.78, 5) is 23.2. The van der Waals surface area contributed by atoms with E-state index in [0.717, 1.165) is 7.11 Å². The van der Waals surface area contributed by atoms with Crippen molar-refractivity contribution in [2.24, 2.45) is 0 Å². The molecule has 106 valence electrons. The molecule has 0 spiro atoms. The normalized spacial score (nSPS) is 9.95. The third kappa shape index (κ3) is 2.37. The topological polar surface area (TPSA) is 101 Å². The van der Waals surface area contributed by atoms with E-state index in [9.17, 15) is 14.7 Å². The van der Waals surface area contributed by atoms with E-state index >= 15 is 0 Å². The summed E-state index contributed by atoms with van der Waals surface area (Å²) in [7, 11) is 1.16. The number of nitriles is 1. The zero-order valence-corrected chi connectivity index (χ0v) is 11.3. The van der Waals surface area contributed by atoms with Crippen LogP contribution in [0.2, 0.25) is 0 Å². The highest BCUT2D eigenvalue weighted by molar-refractivity contribution is 6.07. The summed E-state index contributed by atoms with van der Waals surface area (Å²) in [5, 5.41) is 18.5. The molecule has 0 fully saturated rings. The first-order chi connectivity index (χ1) is 10.0. The van der Waals surface area contributed by atoms with Crippen molar-refractivity contribution in [1.82, 2.24) is 0 Å². The lowest BCUT2D eigenvalue weighted by atomic mass is 10.0. The number of nitrogens with zero attached hydrogens (tertiary/aromatic N) is 1. The third-order valence-corrected chi connectivity index (χ3v) is 2.98. The first-order valence-corrected chi connectivity index (χ1v) is 5.95. The molecule has 2 rings (SSSR count). The highest BCUT2D eigenvalue weighted by Crippen LogP contribution is 2.33. The third-order valence-electron chi connectivity index (χ3n) is 2.98. The predicted octanol–water partition coefficient (Wildman–Crippen LogP) is 2.61. The van der Waals surface area contributed by atoms with Crippen LogP contribution < -0.4 is 0 Å². The number of carboxylic acid groups (broad SMARTS) is 1. The van der Waals surface area contributed by atoms with E-state index in [1.54, 1.807) is 18.2 Å². The smallest absolute Gasteiger partial charge is 0.342 e. The molecule has 0 aliphatic rings. The van der Waals surface area contributed by atoms with Gasteiger partial charge in [0, 0.05) is 5.56 Å². The van der Waals surface area contributed by atoms with Gasteiger partial charge in [-0.25, -0.2) is 9.59 Å². The Morgan fingerprint density at radius 3 is 2.52 bits per heavy atom. The molecule has 0 saturated carbocycles. The summed E-state index contributed by atoms with van der Waals surface area (Å²) in [6, 6.07) is 8.36. The molecule has 21 heavy (non-hydrogen) atoms. The lowest BCUT2D eigenvalue weighted by molar-refractivity contribution is 0.0582. The Labute approximate surface area is 120 Å². The van der Waals surface area contributed by atoms with Gasteiger partial charge in [0.05, 0.1) is 18.7 Å². The summed E-state index contributed by atoms with van der Waals surface area (Å²) >= 11 is 0. The molecule has 0 radical (unpaired) electrons. The van der Waals surface area contributed by atoms with Gasteiger partial charge in [0.2, 0.25) is 0 Å². The van der Waals surface area contributed by atoms with Crippen LogP contribution in [0.5, 0.6) is 0 Å². The maximum atomic E-state index is 11.7. The molecule has 6 heteroatoms. The monoisotopic (exact) mass is 285 g/mol. The maximum absolute atomic E-state index is 11.7. The number of aromatic carboxylic acids is 1. The molecule has 1 aromatic heterocycles. The molecule has 0 saturated heterocycles. The van der Waals surface area contributed by atoms with Crippen molar-refractivity contribution in [3.05, 3.63) is 46.7 Å². The van der Waals surface area contributed by atoms with Gasteiger partial charge >= 0.3 is 11.9 Å². The Morgan fingerprint density at radius 2 is 1.95 bits per heavy atom. The molecule has 0 bridgehead atoms. The number of hydrogen-bond donors (Lipinski definition) is 1.